The molecule has 23 heavy (non-hydrogen) atoms. The number of esters is 1. The van der Waals surface area contributed by atoms with E-state index in [0.29, 0.717) is 22.0 Å². The second kappa shape index (κ2) is 7.65. The number of carbonyl (C=O) groups excluding carboxylic acids is 2. The molecule has 1 amide bonds. The van der Waals surface area contributed by atoms with Gasteiger partial charge in [-0.15, -0.1) is 0 Å². The van der Waals surface area contributed by atoms with Gasteiger partial charge in [0.25, 0.3) is 5.91 Å². The van der Waals surface area contributed by atoms with E-state index in [0.717, 1.165) is 0 Å². The minimum Gasteiger partial charge on any atom is -0.481 e. The molecule has 120 valence electrons. The van der Waals surface area contributed by atoms with Crippen LogP contribution in [0.4, 0.5) is 5.69 Å². The minimum atomic E-state index is -0.765. The van der Waals surface area contributed by atoms with Crippen LogP contribution in [-0.2, 0) is 9.53 Å². The van der Waals surface area contributed by atoms with Gasteiger partial charge >= 0.3 is 5.97 Å². The van der Waals surface area contributed by atoms with Crippen molar-refractivity contribution in [2.24, 2.45) is 0 Å². The summed E-state index contributed by atoms with van der Waals surface area (Å²) in [5.41, 5.74) is 0.863. The van der Waals surface area contributed by atoms with Crippen molar-refractivity contribution in [1.82, 2.24) is 0 Å². The number of amides is 1. The molecule has 0 fully saturated rings. The van der Waals surface area contributed by atoms with Crippen molar-refractivity contribution in [2.75, 3.05) is 12.4 Å². The van der Waals surface area contributed by atoms with Crippen LogP contribution in [0, 0.1) is 0 Å². The predicted octanol–water partition coefficient (Wildman–Crippen LogP) is 3.53. The Morgan fingerprint density at radius 1 is 1.13 bits per heavy atom. The zero-order chi connectivity index (χ0) is 16.8. The summed E-state index contributed by atoms with van der Waals surface area (Å²) in [6, 6.07) is 13.4. The van der Waals surface area contributed by atoms with Crippen molar-refractivity contribution in [3.05, 3.63) is 59.1 Å². The molecule has 0 spiro atoms. The molecule has 0 unspecified atom stereocenters. The number of halogens is 1. The molecular weight excluding hydrogens is 318 g/mol. The molecule has 0 heterocycles. The van der Waals surface area contributed by atoms with Gasteiger partial charge in [-0.05, 0) is 37.3 Å². The number of para-hydroxylation sites is 1. The Hall–Kier alpha value is -2.53. The normalized spacial score (nSPS) is 11.4. The van der Waals surface area contributed by atoms with Gasteiger partial charge in [-0.3, -0.25) is 4.79 Å². The third kappa shape index (κ3) is 4.47. The van der Waals surface area contributed by atoms with Crippen molar-refractivity contribution in [1.29, 1.82) is 0 Å². The highest BCUT2D eigenvalue weighted by molar-refractivity contribution is 6.33. The van der Waals surface area contributed by atoms with Gasteiger partial charge in [0.1, 0.15) is 5.75 Å². The van der Waals surface area contributed by atoms with Crippen LogP contribution in [-0.4, -0.2) is 25.1 Å². The van der Waals surface area contributed by atoms with Gasteiger partial charge in [0.15, 0.2) is 6.10 Å². The molecule has 0 aliphatic heterocycles. The zero-order valence-electron chi connectivity index (χ0n) is 12.7. The van der Waals surface area contributed by atoms with E-state index in [1.54, 1.807) is 49.4 Å². The van der Waals surface area contributed by atoms with E-state index in [1.807, 2.05) is 0 Å². The third-order valence-corrected chi connectivity index (χ3v) is 3.40. The predicted molar refractivity (Wildman–Crippen MR) is 88.0 cm³/mol. The molecule has 0 aromatic heterocycles. The summed E-state index contributed by atoms with van der Waals surface area (Å²) in [5, 5.41) is 3.14. The molecule has 2 aromatic carbocycles. The summed E-state index contributed by atoms with van der Waals surface area (Å²) in [5.74, 6) is -0.417. The van der Waals surface area contributed by atoms with E-state index in [2.05, 4.69) is 10.1 Å². The summed E-state index contributed by atoms with van der Waals surface area (Å²) < 4.78 is 10.2. The summed E-state index contributed by atoms with van der Waals surface area (Å²) in [6.07, 6.45) is -0.765. The number of carbonyl (C=O) groups is 2. The molecule has 0 bridgehead atoms. The van der Waals surface area contributed by atoms with Crippen molar-refractivity contribution in [3.63, 3.8) is 0 Å². The summed E-state index contributed by atoms with van der Waals surface area (Å²) in [6.45, 7) is 1.61. The van der Waals surface area contributed by atoms with E-state index < -0.39 is 12.1 Å². The van der Waals surface area contributed by atoms with Gasteiger partial charge in [0, 0.05) is 0 Å². The highest BCUT2D eigenvalue weighted by Gasteiger charge is 2.16. The van der Waals surface area contributed by atoms with Crippen LogP contribution < -0.4 is 10.1 Å². The van der Waals surface area contributed by atoms with Crippen LogP contribution in [0.25, 0.3) is 0 Å². The van der Waals surface area contributed by atoms with Crippen LogP contribution in [0.1, 0.15) is 17.3 Å². The first-order valence-electron chi connectivity index (χ1n) is 6.91. The monoisotopic (exact) mass is 333 g/mol. The zero-order valence-corrected chi connectivity index (χ0v) is 13.5. The van der Waals surface area contributed by atoms with E-state index in [4.69, 9.17) is 16.3 Å². The molecule has 6 heteroatoms. The molecule has 1 atom stereocenters. The van der Waals surface area contributed by atoms with Crippen LogP contribution in [0.2, 0.25) is 5.02 Å². The van der Waals surface area contributed by atoms with Crippen molar-refractivity contribution in [3.8, 4) is 5.75 Å². The van der Waals surface area contributed by atoms with Crippen molar-refractivity contribution in [2.45, 2.75) is 13.0 Å². The molecular formula is C17H16ClNO4. The first-order valence-corrected chi connectivity index (χ1v) is 7.29. The van der Waals surface area contributed by atoms with Crippen molar-refractivity contribution < 1.29 is 19.1 Å². The number of hydrogen-bond acceptors (Lipinski definition) is 4. The number of rotatable bonds is 5. The molecule has 5 nitrogen and oxygen atoms in total. The smallest absolute Gasteiger partial charge is 0.337 e. The van der Waals surface area contributed by atoms with E-state index in [9.17, 15) is 9.59 Å². The average Bonchev–Trinajstić information content (AvgIpc) is 2.56. The number of hydrogen-bond donors (Lipinski definition) is 1. The van der Waals surface area contributed by atoms with Crippen LogP contribution in [0.3, 0.4) is 0 Å². The van der Waals surface area contributed by atoms with Crippen LogP contribution in [0.5, 0.6) is 5.75 Å². The fourth-order valence-corrected chi connectivity index (χ4v) is 2.05. The van der Waals surface area contributed by atoms with E-state index in [-0.39, 0.29) is 5.91 Å². The van der Waals surface area contributed by atoms with Crippen LogP contribution in [0.15, 0.2) is 48.5 Å². The van der Waals surface area contributed by atoms with Gasteiger partial charge in [-0.1, -0.05) is 29.8 Å². The molecule has 0 saturated carbocycles. The molecule has 0 aliphatic carbocycles. The molecule has 1 N–H and O–H groups in total. The molecule has 0 saturated heterocycles. The lowest BCUT2D eigenvalue weighted by Crippen LogP contribution is -2.30. The Morgan fingerprint density at radius 2 is 1.87 bits per heavy atom. The minimum absolute atomic E-state index is 0.346. The number of ether oxygens (including phenoxy) is 2. The third-order valence-electron chi connectivity index (χ3n) is 3.07. The van der Waals surface area contributed by atoms with Gasteiger partial charge in [0.2, 0.25) is 0 Å². The first kappa shape index (κ1) is 16.8. The lowest BCUT2D eigenvalue weighted by molar-refractivity contribution is -0.122. The van der Waals surface area contributed by atoms with Gasteiger partial charge in [-0.2, -0.15) is 0 Å². The maximum Gasteiger partial charge on any atom is 0.337 e. The van der Waals surface area contributed by atoms with Crippen LogP contribution >= 0.6 is 11.6 Å². The second-order valence-electron chi connectivity index (χ2n) is 4.75. The van der Waals surface area contributed by atoms with Gasteiger partial charge in [-0.25, -0.2) is 4.79 Å². The largest absolute Gasteiger partial charge is 0.481 e. The highest BCUT2D eigenvalue weighted by Crippen LogP contribution is 2.21. The number of benzene rings is 2. The molecule has 2 aromatic rings. The SMILES string of the molecule is COC(=O)c1cccc(O[C@@H](C)C(=O)Nc2ccccc2Cl)c1. The number of anilines is 1. The Bertz CT molecular complexity index is 717. The topological polar surface area (TPSA) is 64.6 Å². The summed E-state index contributed by atoms with van der Waals surface area (Å²) in [7, 11) is 1.30. The second-order valence-corrected chi connectivity index (χ2v) is 5.16. The standard InChI is InChI=1S/C17H16ClNO4/c1-11(16(20)19-15-9-4-3-8-14(15)18)23-13-7-5-6-12(10-13)17(21)22-2/h3-11H,1-2H3,(H,19,20)/t11-/m0/s1. The fraction of sp³-hybridized carbons (Fsp3) is 0.176. The lowest BCUT2D eigenvalue weighted by Gasteiger charge is -2.15. The fourth-order valence-electron chi connectivity index (χ4n) is 1.87. The first-order chi connectivity index (χ1) is 11.0. The summed E-state index contributed by atoms with van der Waals surface area (Å²) >= 11 is 6.00. The number of methoxy groups -OCH3 is 1. The number of nitrogens with one attached hydrogen (secondary N) is 1. The molecule has 2 rings (SSSR count). The maximum atomic E-state index is 12.2. The quantitative estimate of drug-likeness (QED) is 0.850. The lowest BCUT2D eigenvalue weighted by atomic mass is 10.2. The average molecular weight is 334 g/mol. The van der Waals surface area contributed by atoms with Crippen molar-refractivity contribution >= 4 is 29.2 Å². The van der Waals surface area contributed by atoms with Gasteiger partial charge < -0.3 is 14.8 Å². The Labute approximate surface area is 139 Å². The Kier molecular flexibility index (Phi) is 5.60. The Morgan fingerprint density at radius 3 is 2.57 bits per heavy atom. The summed E-state index contributed by atoms with van der Waals surface area (Å²) in [4.78, 5) is 23.6. The highest BCUT2D eigenvalue weighted by atomic mass is 35.5. The van der Waals surface area contributed by atoms with Gasteiger partial charge in [0.05, 0.1) is 23.4 Å². The molecule has 0 aliphatic rings. The van der Waals surface area contributed by atoms with E-state index >= 15 is 0 Å². The Balaban J connectivity index is 2.04. The molecule has 0 radical (unpaired) electrons. The van der Waals surface area contributed by atoms with E-state index in [1.165, 1.54) is 13.2 Å². The maximum absolute atomic E-state index is 12.2.